The molecule has 4 nitrogen and oxygen atoms in total. The molecule has 2 atom stereocenters. The lowest BCUT2D eigenvalue weighted by Gasteiger charge is -2.39. The molecule has 8 aromatic rings. The second kappa shape index (κ2) is 12.2. The van der Waals surface area contributed by atoms with E-state index in [1.807, 2.05) is 0 Å². The summed E-state index contributed by atoms with van der Waals surface area (Å²) in [5.41, 5.74) is 15.0. The molecule has 0 saturated carbocycles. The summed E-state index contributed by atoms with van der Waals surface area (Å²) in [7, 11) is 0. The van der Waals surface area contributed by atoms with Crippen LogP contribution < -0.4 is 16.0 Å². The summed E-state index contributed by atoms with van der Waals surface area (Å²) >= 11 is 0. The smallest absolute Gasteiger partial charge is 0.0865 e. The van der Waals surface area contributed by atoms with Crippen molar-refractivity contribution >= 4 is 21.8 Å². The first-order chi connectivity index (χ1) is 25.5. The Morgan fingerprint density at radius 3 is 1.73 bits per heavy atom. The molecule has 1 saturated heterocycles. The molecule has 0 radical (unpaired) electrons. The van der Waals surface area contributed by atoms with Gasteiger partial charge < -0.3 is 4.57 Å². The van der Waals surface area contributed by atoms with Crippen molar-refractivity contribution in [2.75, 3.05) is 0 Å². The van der Waals surface area contributed by atoms with Gasteiger partial charge >= 0.3 is 0 Å². The zero-order valence-electron chi connectivity index (χ0n) is 29.3. The first-order valence-corrected chi connectivity index (χ1v) is 18.3. The van der Waals surface area contributed by atoms with Gasteiger partial charge in [-0.15, -0.1) is 0 Å². The summed E-state index contributed by atoms with van der Waals surface area (Å²) in [6.07, 6.45) is -0.153. The van der Waals surface area contributed by atoms with Gasteiger partial charge in [0.15, 0.2) is 0 Å². The third kappa shape index (κ3) is 4.95. The molecule has 1 aliphatic carbocycles. The molecule has 0 bridgehead atoms. The normalized spacial score (nSPS) is 19.1. The predicted octanol–water partition coefficient (Wildman–Crippen LogP) is 10.9. The molecule has 252 valence electrons. The number of benzene rings is 7. The Morgan fingerprint density at radius 1 is 0.462 bits per heavy atom. The molecular weight excluding hydrogens is 633 g/mol. The zero-order chi connectivity index (χ0) is 34.8. The Labute approximate surface area is 304 Å². The number of nitrogens with zero attached hydrogens (tertiary/aromatic N) is 1. The summed E-state index contributed by atoms with van der Waals surface area (Å²) in [6.45, 7) is 4.73. The van der Waals surface area contributed by atoms with Gasteiger partial charge in [-0.1, -0.05) is 153 Å². The molecule has 10 rings (SSSR count). The molecule has 3 N–H and O–H groups in total. The summed E-state index contributed by atoms with van der Waals surface area (Å²) in [5, 5.41) is 14.2. The van der Waals surface area contributed by atoms with Crippen LogP contribution in [0.2, 0.25) is 0 Å². The zero-order valence-corrected chi connectivity index (χ0v) is 29.3. The lowest BCUT2D eigenvalue weighted by Crippen LogP contribution is -2.54. The van der Waals surface area contributed by atoms with Crippen LogP contribution in [0.4, 0.5) is 0 Å². The highest BCUT2D eigenvalue weighted by atomic mass is 15.4. The molecule has 2 heterocycles. The van der Waals surface area contributed by atoms with E-state index in [1.165, 1.54) is 71.9 Å². The van der Waals surface area contributed by atoms with Gasteiger partial charge in [0.1, 0.15) is 0 Å². The Kier molecular flexibility index (Phi) is 7.26. The highest BCUT2D eigenvalue weighted by Gasteiger charge is 2.37. The Morgan fingerprint density at radius 2 is 1.04 bits per heavy atom. The number of aromatic nitrogens is 1. The van der Waals surface area contributed by atoms with E-state index in [-0.39, 0.29) is 23.9 Å². The molecule has 1 aromatic heterocycles. The molecule has 2 unspecified atom stereocenters. The van der Waals surface area contributed by atoms with Crippen LogP contribution in [0, 0.1) is 0 Å². The van der Waals surface area contributed by atoms with Crippen molar-refractivity contribution in [3.63, 3.8) is 0 Å². The number of rotatable bonds is 5. The van der Waals surface area contributed by atoms with Crippen LogP contribution in [0.25, 0.3) is 49.7 Å². The standard InChI is InChI=1S/C48H40N4/c1-48(2)39-24-13-12-23-37(39)43-40(48)26-28-42-44(43)38-30-34(31-15-6-3-7-16-31)25-27-41(38)52(42)36-22-14-21-35(29-36)47-50-45(32-17-8-4-9-18-32)49-46(51-47)33-19-10-5-11-20-33/h3-30,45-47,49-51H,1-2H3. The van der Waals surface area contributed by atoms with Crippen molar-refractivity contribution < 1.29 is 0 Å². The van der Waals surface area contributed by atoms with Gasteiger partial charge in [0, 0.05) is 21.9 Å². The molecule has 0 amide bonds. The third-order valence-electron chi connectivity index (χ3n) is 11.3. The monoisotopic (exact) mass is 672 g/mol. The molecule has 52 heavy (non-hydrogen) atoms. The maximum absolute atomic E-state index is 3.88. The van der Waals surface area contributed by atoms with Gasteiger partial charge in [-0.25, -0.2) is 0 Å². The van der Waals surface area contributed by atoms with E-state index in [9.17, 15) is 0 Å². The molecule has 1 fully saturated rings. The van der Waals surface area contributed by atoms with Crippen molar-refractivity contribution in [3.8, 4) is 27.9 Å². The first-order valence-electron chi connectivity index (χ1n) is 18.3. The van der Waals surface area contributed by atoms with E-state index >= 15 is 0 Å². The minimum absolute atomic E-state index is 0.0306. The van der Waals surface area contributed by atoms with Crippen LogP contribution in [0.15, 0.2) is 170 Å². The van der Waals surface area contributed by atoms with Crippen LogP contribution in [0.5, 0.6) is 0 Å². The SMILES string of the molecule is CC1(C)c2ccccc2-c2c1ccc1c2c2cc(-c3ccccc3)ccc2n1-c1cccc(C2NC(c3ccccc3)NC(c3ccccc3)N2)c1. The number of hydrogen-bond acceptors (Lipinski definition) is 3. The number of fused-ring (bicyclic) bond motifs is 7. The van der Waals surface area contributed by atoms with Crippen molar-refractivity contribution in [3.05, 3.63) is 198 Å². The largest absolute Gasteiger partial charge is 0.309 e. The quantitative estimate of drug-likeness (QED) is 0.170. The summed E-state index contributed by atoms with van der Waals surface area (Å²) in [4.78, 5) is 0. The molecular formula is C48H40N4. The molecule has 0 spiro atoms. The van der Waals surface area contributed by atoms with E-state index in [4.69, 9.17) is 0 Å². The minimum atomic E-state index is -0.0914. The van der Waals surface area contributed by atoms with Gasteiger partial charge in [0.2, 0.25) is 0 Å². The minimum Gasteiger partial charge on any atom is -0.309 e. The molecule has 4 heteroatoms. The fourth-order valence-corrected chi connectivity index (χ4v) is 8.75. The molecule has 7 aromatic carbocycles. The highest BCUT2D eigenvalue weighted by Crippen LogP contribution is 2.53. The van der Waals surface area contributed by atoms with E-state index < -0.39 is 0 Å². The van der Waals surface area contributed by atoms with Gasteiger partial charge in [-0.05, 0) is 80.4 Å². The molecule has 2 aliphatic rings. The Bertz CT molecular complexity index is 2540. The fourth-order valence-electron chi connectivity index (χ4n) is 8.75. The second-order valence-corrected chi connectivity index (χ2v) is 14.7. The van der Waals surface area contributed by atoms with Crippen LogP contribution >= 0.6 is 0 Å². The van der Waals surface area contributed by atoms with Crippen LogP contribution in [0.1, 0.15) is 60.2 Å². The third-order valence-corrected chi connectivity index (χ3v) is 11.3. The van der Waals surface area contributed by atoms with E-state index in [1.54, 1.807) is 0 Å². The van der Waals surface area contributed by atoms with Crippen LogP contribution in [-0.4, -0.2) is 4.57 Å². The topological polar surface area (TPSA) is 41.0 Å². The summed E-state index contributed by atoms with van der Waals surface area (Å²) < 4.78 is 2.47. The predicted molar refractivity (Wildman–Crippen MR) is 214 cm³/mol. The van der Waals surface area contributed by atoms with Crippen LogP contribution in [-0.2, 0) is 5.41 Å². The first kappa shape index (κ1) is 31.0. The maximum atomic E-state index is 3.88. The highest BCUT2D eigenvalue weighted by molar-refractivity contribution is 6.18. The number of nitrogens with one attached hydrogen (secondary N) is 3. The van der Waals surface area contributed by atoms with Gasteiger partial charge in [0.05, 0.1) is 29.5 Å². The lowest BCUT2D eigenvalue weighted by atomic mass is 9.82. The van der Waals surface area contributed by atoms with Crippen molar-refractivity contribution in [2.24, 2.45) is 0 Å². The van der Waals surface area contributed by atoms with Crippen molar-refractivity contribution in [1.82, 2.24) is 20.5 Å². The second-order valence-electron chi connectivity index (χ2n) is 14.7. The average Bonchev–Trinajstić information content (AvgIpc) is 3.67. The van der Waals surface area contributed by atoms with Gasteiger partial charge in [0.25, 0.3) is 0 Å². The van der Waals surface area contributed by atoms with E-state index in [0.717, 1.165) is 5.69 Å². The summed E-state index contributed by atoms with van der Waals surface area (Å²) in [6, 6.07) is 61.8. The van der Waals surface area contributed by atoms with Crippen molar-refractivity contribution in [1.29, 1.82) is 0 Å². The van der Waals surface area contributed by atoms with E-state index in [0.29, 0.717) is 0 Å². The fraction of sp³-hybridized carbons (Fsp3) is 0.125. The van der Waals surface area contributed by atoms with Crippen molar-refractivity contribution in [2.45, 2.75) is 37.8 Å². The Balaban J connectivity index is 1.16. The van der Waals surface area contributed by atoms with E-state index in [2.05, 4.69) is 204 Å². The maximum Gasteiger partial charge on any atom is 0.0865 e. The average molecular weight is 673 g/mol. The van der Waals surface area contributed by atoms with Gasteiger partial charge in [-0.2, -0.15) is 0 Å². The van der Waals surface area contributed by atoms with Crippen LogP contribution in [0.3, 0.4) is 0 Å². The number of hydrogen-bond donors (Lipinski definition) is 3. The Hall–Kier alpha value is -5.78. The molecule has 1 aliphatic heterocycles. The lowest BCUT2D eigenvalue weighted by molar-refractivity contribution is 0.203. The van der Waals surface area contributed by atoms with Gasteiger partial charge in [-0.3, -0.25) is 16.0 Å². The summed E-state index contributed by atoms with van der Waals surface area (Å²) in [5.74, 6) is 0.